The van der Waals surface area contributed by atoms with Crippen LogP contribution in [0.25, 0.3) is 11.1 Å². The number of carboxylic acid groups (broad SMARTS) is 1. The molecule has 3 N–H and O–H groups in total. The molecular formula is C25H23NO5. The third-order valence-electron chi connectivity index (χ3n) is 5.63. The molecule has 0 saturated carbocycles. The summed E-state index contributed by atoms with van der Waals surface area (Å²) in [6.45, 7) is 0.223. The summed E-state index contributed by atoms with van der Waals surface area (Å²) in [4.78, 5) is 23.6. The minimum absolute atomic E-state index is 0.00286. The summed E-state index contributed by atoms with van der Waals surface area (Å²) in [7, 11) is 0. The fourth-order valence-corrected chi connectivity index (χ4v) is 4.19. The lowest BCUT2D eigenvalue weighted by molar-refractivity contribution is -0.137. The molecule has 158 valence electrons. The number of carbonyl (C=O) groups is 2. The maximum Gasteiger partial charge on any atom is 0.407 e. The van der Waals surface area contributed by atoms with Crippen molar-refractivity contribution in [2.45, 2.75) is 18.3 Å². The minimum Gasteiger partial charge on any atom is -0.508 e. The van der Waals surface area contributed by atoms with Crippen molar-refractivity contribution >= 4 is 12.1 Å². The van der Waals surface area contributed by atoms with Crippen LogP contribution in [0.5, 0.6) is 5.75 Å². The molecule has 1 aliphatic rings. The van der Waals surface area contributed by atoms with Crippen LogP contribution in [0.4, 0.5) is 4.79 Å². The predicted molar refractivity (Wildman–Crippen MR) is 116 cm³/mol. The van der Waals surface area contributed by atoms with E-state index in [9.17, 15) is 19.8 Å². The van der Waals surface area contributed by atoms with E-state index in [0.717, 1.165) is 22.3 Å². The van der Waals surface area contributed by atoms with Crippen LogP contribution >= 0.6 is 0 Å². The van der Waals surface area contributed by atoms with Gasteiger partial charge in [-0.15, -0.1) is 0 Å². The van der Waals surface area contributed by atoms with Crippen LogP contribution in [0.2, 0.25) is 0 Å². The smallest absolute Gasteiger partial charge is 0.407 e. The van der Waals surface area contributed by atoms with Gasteiger partial charge < -0.3 is 20.3 Å². The standard InChI is InChI=1S/C25H23NO5/c27-23-12-6-5-7-17(23)16(13-24(28)29)14-26-25(30)31-15-22-20-10-3-1-8-18(20)19-9-2-4-11-21(19)22/h1-12,16,22,27H,13-15H2,(H,26,30)(H,28,29). The number of phenolic OH excluding ortho intramolecular Hbond substituents is 1. The van der Waals surface area contributed by atoms with Gasteiger partial charge in [-0.25, -0.2) is 4.79 Å². The van der Waals surface area contributed by atoms with Gasteiger partial charge >= 0.3 is 12.1 Å². The van der Waals surface area contributed by atoms with Gasteiger partial charge in [-0.1, -0.05) is 66.7 Å². The summed E-state index contributed by atoms with van der Waals surface area (Å²) in [5.74, 6) is -1.63. The van der Waals surface area contributed by atoms with Gasteiger partial charge in [0.15, 0.2) is 0 Å². The van der Waals surface area contributed by atoms with Gasteiger partial charge in [0.2, 0.25) is 0 Å². The van der Waals surface area contributed by atoms with E-state index in [-0.39, 0.29) is 31.2 Å². The van der Waals surface area contributed by atoms with E-state index in [1.54, 1.807) is 18.2 Å². The number of rotatable bonds is 7. The first kappa shape index (κ1) is 20.5. The topological polar surface area (TPSA) is 95.9 Å². The SMILES string of the molecule is O=C(O)CC(CNC(=O)OCC1c2ccccc2-c2ccccc21)c1ccccc1O. The first-order valence-corrected chi connectivity index (χ1v) is 10.1. The second kappa shape index (κ2) is 8.92. The average molecular weight is 417 g/mol. The maximum atomic E-state index is 12.4. The molecule has 0 radical (unpaired) electrons. The Morgan fingerprint density at radius 2 is 1.48 bits per heavy atom. The molecule has 1 aliphatic carbocycles. The molecule has 4 rings (SSSR count). The summed E-state index contributed by atoms with van der Waals surface area (Å²) in [5.41, 5.74) is 5.01. The molecule has 1 atom stereocenters. The Hall–Kier alpha value is -3.80. The molecule has 6 nitrogen and oxygen atoms in total. The number of aromatic hydroxyl groups is 1. The van der Waals surface area contributed by atoms with E-state index in [2.05, 4.69) is 17.4 Å². The highest BCUT2D eigenvalue weighted by atomic mass is 16.5. The van der Waals surface area contributed by atoms with Gasteiger partial charge in [0.25, 0.3) is 0 Å². The highest BCUT2D eigenvalue weighted by molar-refractivity contribution is 5.79. The highest BCUT2D eigenvalue weighted by Gasteiger charge is 2.29. The molecule has 0 heterocycles. The summed E-state index contributed by atoms with van der Waals surface area (Å²) in [5, 5.41) is 21.9. The molecule has 0 spiro atoms. The monoisotopic (exact) mass is 417 g/mol. The van der Waals surface area contributed by atoms with Crippen LogP contribution in [-0.4, -0.2) is 35.4 Å². The molecule has 0 bridgehead atoms. The Balaban J connectivity index is 1.41. The van der Waals surface area contributed by atoms with Crippen molar-refractivity contribution in [2.75, 3.05) is 13.2 Å². The summed E-state index contributed by atoms with van der Waals surface area (Å²) < 4.78 is 5.50. The first-order valence-electron chi connectivity index (χ1n) is 10.1. The van der Waals surface area contributed by atoms with E-state index >= 15 is 0 Å². The Bertz CT molecular complexity index is 1060. The second-order valence-corrected chi connectivity index (χ2v) is 7.56. The molecule has 3 aromatic carbocycles. The third kappa shape index (κ3) is 4.38. The number of carboxylic acids is 1. The number of alkyl carbamates (subject to hydrolysis) is 1. The molecule has 31 heavy (non-hydrogen) atoms. The molecule has 0 aliphatic heterocycles. The largest absolute Gasteiger partial charge is 0.508 e. The summed E-state index contributed by atoms with van der Waals surface area (Å²) in [6, 6.07) is 22.7. The number of benzene rings is 3. The van der Waals surface area contributed by atoms with Crippen molar-refractivity contribution < 1.29 is 24.5 Å². The van der Waals surface area contributed by atoms with Crippen molar-refractivity contribution in [3.8, 4) is 16.9 Å². The number of para-hydroxylation sites is 1. The lowest BCUT2D eigenvalue weighted by atomic mass is 9.95. The number of fused-ring (bicyclic) bond motifs is 3. The molecule has 0 saturated heterocycles. The van der Waals surface area contributed by atoms with Crippen molar-refractivity contribution in [1.82, 2.24) is 5.32 Å². The van der Waals surface area contributed by atoms with E-state index < -0.39 is 18.0 Å². The third-order valence-corrected chi connectivity index (χ3v) is 5.63. The van der Waals surface area contributed by atoms with Crippen LogP contribution in [-0.2, 0) is 9.53 Å². The normalized spacial score (nSPS) is 13.2. The van der Waals surface area contributed by atoms with Gasteiger partial charge in [0.1, 0.15) is 12.4 Å². The predicted octanol–water partition coefficient (Wildman–Crippen LogP) is 4.49. The Morgan fingerprint density at radius 1 is 0.903 bits per heavy atom. The summed E-state index contributed by atoms with van der Waals surface area (Å²) >= 11 is 0. The van der Waals surface area contributed by atoms with Gasteiger partial charge in [0, 0.05) is 18.4 Å². The zero-order chi connectivity index (χ0) is 21.8. The van der Waals surface area contributed by atoms with Crippen LogP contribution in [0.3, 0.4) is 0 Å². The fourth-order valence-electron chi connectivity index (χ4n) is 4.19. The minimum atomic E-state index is -1.01. The number of hydrogen-bond donors (Lipinski definition) is 3. The van der Waals surface area contributed by atoms with E-state index in [4.69, 9.17) is 4.74 Å². The number of hydrogen-bond acceptors (Lipinski definition) is 4. The molecule has 0 fully saturated rings. The van der Waals surface area contributed by atoms with Gasteiger partial charge in [-0.2, -0.15) is 0 Å². The quantitative estimate of drug-likeness (QED) is 0.526. The van der Waals surface area contributed by atoms with E-state index in [0.29, 0.717) is 5.56 Å². The van der Waals surface area contributed by atoms with Crippen molar-refractivity contribution in [3.63, 3.8) is 0 Å². The van der Waals surface area contributed by atoms with Crippen LogP contribution in [0, 0.1) is 0 Å². The van der Waals surface area contributed by atoms with Gasteiger partial charge in [0.05, 0.1) is 6.42 Å². The van der Waals surface area contributed by atoms with Crippen molar-refractivity contribution in [3.05, 3.63) is 89.5 Å². The number of phenols is 1. The Labute approximate surface area is 180 Å². The Morgan fingerprint density at radius 3 is 2.10 bits per heavy atom. The number of amides is 1. The number of carbonyl (C=O) groups excluding carboxylic acids is 1. The molecular weight excluding hydrogens is 394 g/mol. The molecule has 1 amide bonds. The van der Waals surface area contributed by atoms with Crippen LogP contribution in [0.15, 0.2) is 72.8 Å². The van der Waals surface area contributed by atoms with Crippen molar-refractivity contribution in [1.29, 1.82) is 0 Å². The molecule has 0 aromatic heterocycles. The number of ether oxygens (including phenoxy) is 1. The van der Waals surface area contributed by atoms with E-state index in [1.165, 1.54) is 6.07 Å². The van der Waals surface area contributed by atoms with Crippen LogP contribution in [0.1, 0.15) is 34.9 Å². The second-order valence-electron chi connectivity index (χ2n) is 7.56. The Kier molecular flexibility index (Phi) is 5.89. The number of nitrogens with one attached hydrogen (secondary N) is 1. The highest BCUT2D eigenvalue weighted by Crippen LogP contribution is 2.44. The van der Waals surface area contributed by atoms with Crippen LogP contribution < -0.4 is 5.32 Å². The first-order chi connectivity index (χ1) is 15.0. The summed E-state index contributed by atoms with van der Waals surface area (Å²) in [6.07, 6.45) is -0.839. The zero-order valence-electron chi connectivity index (χ0n) is 16.8. The molecule has 3 aromatic rings. The zero-order valence-corrected chi connectivity index (χ0v) is 16.8. The van der Waals surface area contributed by atoms with Gasteiger partial charge in [-0.05, 0) is 33.9 Å². The van der Waals surface area contributed by atoms with Gasteiger partial charge in [-0.3, -0.25) is 4.79 Å². The maximum absolute atomic E-state index is 12.4. The molecule has 1 unspecified atom stereocenters. The lowest BCUT2D eigenvalue weighted by Gasteiger charge is -2.18. The lowest BCUT2D eigenvalue weighted by Crippen LogP contribution is -2.31. The number of aliphatic carboxylic acids is 1. The fraction of sp³-hybridized carbons (Fsp3) is 0.200. The molecule has 6 heteroatoms. The van der Waals surface area contributed by atoms with Crippen molar-refractivity contribution in [2.24, 2.45) is 0 Å². The van der Waals surface area contributed by atoms with E-state index in [1.807, 2.05) is 36.4 Å². The average Bonchev–Trinajstić information content (AvgIpc) is 3.09.